The molecule has 114 valence electrons. The van der Waals surface area contributed by atoms with Crippen LogP contribution in [0.5, 0.6) is 0 Å². The summed E-state index contributed by atoms with van der Waals surface area (Å²) < 4.78 is 1.34. The molecule has 2 N–H and O–H groups in total. The highest BCUT2D eigenvalue weighted by Gasteiger charge is 2.13. The second-order valence-corrected chi connectivity index (χ2v) is 4.67. The number of aromatic nitrogens is 2. The molecule has 0 spiro atoms. The van der Waals surface area contributed by atoms with Crippen molar-refractivity contribution < 1.29 is 19.5 Å². The Bertz CT molecular complexity index is 704. The van der Waals surface area contributed by atoms with Crippen LogP contribution in [0.15, 0.2) is 36.5 Å². The van der Waals surface area contributed by atoms with Gasteiger partial charge in [-0.15, -0.1) is 0 Å². The number of carboxylic acid groups (broad SMARTS) is 1. The lowest BCUT2D eigenvalue weighted by molar-refractivity contribution is -0.137. The minimum absolute atomic E-state index is 0.0513. The number of anilines is 1. The molecule has 2 aromatic rings. The molecule has 7 heteroatoms. The van der Waals surface area contributed by atoms with Crippen LogP contribution in [-0.4, -0.2) is 32.5 Å². The first-order valence-corrected chi connectivity index (χ1v) is 6.63. The summed E-state index contributed by atoms with van der Waals surface area (Å²) in [5.41, 5.74) is 1.38. The second-order valence-electron chi connectivity index (χ2n) is 4.67. The number of hydrogen-bond acceptors (Lipinski definition) is 4. The number of Topliss-reactive ketones (excluding diaryl/α,β-unsaturated/α-hetero) is 1. The van der Waals surface area contributed by atoms with Crippen LogP contribution in [0.3, 0.4) is 0 Å². The first-order chi connectivity index (χ1) is 10.5. The zero-order chi connectivity index (χ0) is 16.1. The lowest BCUT2D eigenvalue weighted by Gasteiger charge is -2.08. The summed E-state index contributed by atoms with van der Waals surface area (Å²) in [6.07, 6.45) is 1.32. The maximum Gasteiger partial charge on any atom is 0.305 e. The normalized spacial score (nSPS) is 10.2. The molecule has 2 rings (SSSR count). The molecule has 0 saturated carbocycles. The first kappa shape index (κ1) is 15.4. The molecule has 0 bridgehead atoms. The van der Waals surface area contributed by atoms with E-state index in [1.165, 1.54) is 23.9 Å². The molecule has 0 saturated heterocycles. The van der Waals surface area contributed by atoms with Gasteiger partial charge in [0.25, 0.3) is 5.91 Å². The third-order valence-corrected chi connectivity index (χ3v) is 3.04. The standard InChI is InChI=1S/C15H15N3O4/c1-10(19)11-2-4-12(5-3-11)17-15(22)13-6-8-16-18(13)9-7-14(20)21/h2-6,8H,7,9H2,1H3,(H,17,22)(H,20,21). The topological polar surface area (TPSA) is 101 Å². The van der Waals surface area contributed by atoms with E-state index in [0.29, 0.717) is 11.3 Å². The van der Waals surface area contributed by atoms with Crippen LogP contribution in [0.1, 0.15) is 34.2 Å². The van der Waals surface area contributed by atoms with Gasteiger partial charge in [0.1, 0.15) is 5.69 Å². The number of carbonyl (C=O) groups excluding carboxylic acids is 2. The maximum absolute atomic E-state index is 12.2. The Balaban J connectivity index is 2.07. The summed E-state index contributed by atoms with van der Waals surface area (Å²) >= 11 is 0. The third-order valence-electron chi connectivity index (χ3n) is 3.04. The van der Waals surface area contributed by atoms with Crippen LogP contribution >= 0.6 is 0 Å². The summed E-state index contributed by atoms with van der Waals surface area (Å²) in [4.78, 5) is 33.9. The minimum atomic E-state index is -0.957. The van der Waals surface area contributed by atoms with Crippen molar-refractivity contribution >= 4 is 23.3 Å². The molecule has 1 aromatic carbocycles. The van der Waals surface area contributed by atoms with Gasteiger partial charge in [0.15, 0.2) is 5.78 Å². The fourth-order valence-electron chi connectivity index (χ4n) is 1.89. The summed E-state index contributed by atoms with van der Waals surface area (Å²) in [5, 5.41) is 15.3. The van der Waals surface area contributed by atoms with Gasteiger partial charge in [-0.1, -0.05) is 0 Å². The molecule has 0 fully saturated rings. The van der Waals surface area contributed by atoms with Crippen molar-refractivity contribution in [3.8, 4) is 0 Å². The minimum Gasteiger partial charge on any atom is -0.481 e. The number of hydrogen-bond donors (Lipinski definition) is 2. The number of benzene rings is 1. The Hall–Kier alpha value is -2.96. The number of amides is 1. The van der Waals surface area contributed by atoms with Gasteiger partial charge in [-0.3, -0.25) is 19.1 Å². The zero-order valence-electron chi connectivity index (χ0n) is 11.9. The number of nitrogens with one attached hydrogen (secondary N) is 1. The highest BCUT2D eigenvalue weighted by atomic mass is 16.4. The third kappa shape index (κ3) is 3.78. The van der Waals surface area contributed by atoms with E-state index in [4.69, 9.17) is 5.11 Å². The SMILES string of the molecule is CC(=O)c1ccc(NC(=O)c2ccnn2CCC(=O)O)cc1. The summed E-state index contributed by atoms with van der Waals surface area (Å²) in [5.74, 6) is -1.40. The molecular formula is C15H15N3O4. The monoisotopic (exact) mass is 301 g/mol. The molecule has 22 heavy (non-hydrogen) atoms. The zero-order valence-corrected chi connectivity index (χ0v) is 11.9. The average molecular weight is 301 g/mol. The lowest BCUT2D eigenvalue weighted by atomic mass is 10.1. The fourth-order valence-corrected chi connectivity index (χ4v) is 1.89. The van der Waals surface area contributed by atoms with Crippen molar-refractivity contribution in [2.24, 2.45) is 0 Å². The number of aryl methyl sites for hydroxylation is 1. The average Bonchev–Trinajstić information content (AvgIpc) is 2.94. The predicted molar refractivity (Wildman–Crippen MR) is 78.9 cm³/mol. The van der Waals surface area contributed by atoms with E-state index in [1.54, 1.807) is 24.3 Å². The fraction of sp³-hybridized carbons (Fsp3) is 0.200. The lowest BCUT2D eigenvalue weighted by Crippen LogP contribution is -2.19. The van der Waals surface area contributed by atoms with Crippen LogP contribution < -0.4 is 5.32 Å². The van der Waals surface area contributed by atoms with E-state index >= 15 is 0 Å². The molecular weight excluding hydrogens is 286 g/mol. The van der Waals surface area contributed by atoms with E-state index in [2.05, 4.69) is 10.4 Å². The Morgan fingerprint density at radius 2 is 1.86 bits per heavy atom. The summed E-state index contributed by atoms with van der Waals surface area (Å²) in [6.45, 7) is 1.59. The number of aliphatic carboxylic acids is 1. The van der Waals surface area contributed by atoms with Crippen LogP contribution in [0.2, 0.25) is 0 Å². The number of rotatable bonds is 6. The molecule has 1 amide bonds. The summed E-state index contributed by atoms with van der Waals surface area (Å²) in [6, 6.07) is 8.03. The van der Waals surface area contributed by atoms with Crippen molar-refractivity contribution in [2.75, 3.05) is 5.32 Å². The predicted octanol–water partition coefficient (Wildman–Crippen LogP) is 1.81. The van der Waals surface area contributed by atoms with Crippen molar-refractivity contribution in [1.82, 2.24) is 9.78 Å². The Morgan fingerprint density at radius 3 is 2.45 bits per heavy atom. The van der Waals surface area contributed by atoms with Gasteiger partial charge < -0.3 is 10.4 Å². The van der Waals surface area contributed by atoms with Gasteiger partial charge in [-0.05, 0) is 37.3 Å². The van der Waals surface area contributed by atoms with Crippen LogP contribution in [0.4, 0.5) is 5.69 Å². The molecule has 0 atom stereocenters. The van der Waals surface area contributed by atoms with Gasteiger partial charge in [0.2, 0.25) is 0 Å². The van der Waals surface area contributed by atoms with E-state index in [-0.39, 0.29) is 24.4 Å². The van der Waals surface area contributed by atoms with Crippen LogP contribution in [-0.2, 0) is 11.3 Å². The second kappa shape index (κ2) is 6.66. The molecule has 0 radical (unpaired) electrons. The first-order valence-electron chi connectivity index (χ1n) is 6.63. The van der Waals surface area contributed by atoms with Crippen molar-refractivity contribution in [1.29, 1.82) is 0 Å². The number of ketones is 1. The smallest absolute Gasteiger partial charge is 0.305 e. The van der Waals surface area contributed by atoms with Crippen molar-refractivity contribution in [2.45, 2.75) is 19.9 Å². The van der Waals surface area contributed by atoms with Crippen LogP contribution in [0.25, 0.3) is 0 Å². The van der Waals surface area contributed by atoms with Gasteiger partial charge >= 0.3 is 5.97 Å². The van der Waals surface area contributed by atoms with E-state index in [9.17, 15) is 14.4 Å². The largest absolute Gasteiger partial charge is 0.481 e. The van der Waals surface area contributed by atoms with Gasteiger partial charge in [0, 0.05) is 17.4 Å². The highest BCUT2D eigenvalue weighted by molar-refractivity contribution is 6.03. The van der Waals surface area contributed by atoms with E-state index in [1.807, 2.05) is 0 Å². The quantitative estimate of drug-likeness (QED) is 0.792. The van der Waals surface area contributed by atoms with Gasteiger partial charge in [0.05, 0.1) is 13.0 Å². The van der Waals surface area contributed by atoms with Crippen LogP contribution in [0, 0.1) is 0 Å². The van der Waals surface area contributed by atoms with Gasteiger partial charge in [-0.2, -0.15) is 5.10 Å². The maximum atomic E-state index is 12.2. The molecule has 1 heterocycles. The number of nitrogens with zero attached hydrogens (tertiary/aromatic N) is 2. The van der Waals surface area contributed by atoms with Gasteiger partial charge in [-0.25, -0.2) is 0 Å². The number of carbonyl (C=O) groups is 3. The molecule has 0 aliphatic rings. The van der Waals surface area contributed by atoms with E-state index < -0.39 is 11.9 Å². The highest BCUT2D eigenvalue weighted by Crippen LogP contribution is 2.12. The van der Waals surface area contributed by atoms with Crippen molar-refractivity contribution in [3.63, 3.8) is 0 Å². The molecule has 0 aliphatic heterocycles. The molecule has 0 aliphatic carbocycles. The number of carboxylic acids is 1. The van der Waals surface area contributed by atoms with E-state index in [0.717, 1.165) is 0 Å². The Kier molecular flexibility index (Phi) is 4.67. The van der Waals surface area contributed by atoms with Crippen molar-refractivity contribution in [3.05, 3.63) is 47.8 Å². The summed E-state index contributed by atoms with van der Waals surface area (Å²) in [7, 11) is 0. The molecule has 1 aromatic heterocycles. The Morgan fingerprint density at radius 1 is 1.18 bits per heavy atom. The molecule has 7 nitrogen and oxygen atoms in total. The molecule has 0 unspecified atom stereocenters. The Labute approximate surface area is 126 Å².